The molecule has 0 radical (unpaired) electrons. The average Bonchev–Trinajstić information content (AvgIpc) is 2.41. The number of hydrogen-bond acceptors (Lipinski definition) is 3. The van der Waals surface area contributed by atoms with E-state index in [2.05, 4.69) is 37.6 Å². The van der Waals surface area contributed by atoms with E-state index in [9.17, 15) is 0 Å². The fraction of sp³-hybridized carbons (Fsp3) is 1.00. The lowest BCUT2D eigenvalue weighted by atomic mass is 9.68. The van der Waals surface area contributed by atoms with Crippen molar-refractivity contribution in [1.29, 1.82) is 0 Å². The van der Waals surface area contributed by atoms with Gasteiger partial charge in [-0.2, -0.15) is 0 Å². The molecule has 118 valence electrons. The first-order valence-corrected chi connectivity index (χ1v) is 8.54. The third kappa shape index (κ3) is 3.96. The lowest BCUT2D eigenvalue weighted by Gasteiger charge is -2.44. The molecular weight excluding hydrogens is 246 g/mol. The monoisotopic (exact) mass is 281 g/mol. The summed E-state index contributed by atoms with van der Waals surface area (Å²) in [6, 6.07) is 0.629. The zero-order chi connectivity index (χ0) is 14.8. The zero-order valence-corrected chi connectivity index (χ0v) is 14.1. The molecule has 1 unspecified atom stereocenters. The molecule has 2 N–H and O–H groups in total. The second-order valence-corrected chi connectivity index (χ2v) is 8.12. The van der Waals surface area contributed by atoms with Gasteiger partial charge in [0.2, 0.25) is 0 Å². The highest BCUT2D eigenvalue weighted by atomic mass is 15.3. The quantitative estimate of drug-likeness (QED) is 0.862. The van der Waals surface area contributed by atoms with Crippen LogP contribution in [0.15, 0.2) is 0 Å². The largest absolute Gasteiger partial charge is 0.329 e. The molecule has 0 bridgehead atoms. The maximum absolute atomic E-state index is 6.13. The summed E-state index contributed by atoms with van der Waals surface area (Å²) in [5.41, 5.74) is 6.62. The van der Waals surface area contributed by atoms with Crippen LogP contribution in [0.5, 0.6) is 0 Å². The van der Waals surface area contributed by atoms with E-state index in [-0.39, 0.29) is 0 Å². The first-order valence-electron chi connectivity index (χ1n) is 8.54. The van der Waals surface area contributed by atoms with Gasteiger partial charge in [-0.25, -0.2) is 0 Å². The molecule has 1 saturated heterocycles. The van der Waals surface area contributed by atoms with Crippen LogP contribution in [-0.4, -0.2) is 55.6 Å². The third-order valence-electron chi connectivity index (χ3n) is 5.79. The molecule has 1 aliphatic heterocycles. The van der Waals surface area contributed by atoms with Crippen LogP contribution in [0.1, 0.15) is 46.5 Å². The number of likely N-dealkylation sites (N-methyl/N-ethyl adjacent to an activating group) is 1. The minimum Gasteiger partial charge on any atom is -0.329 e. The third-order valence-corrected chi connectivity index (χ3v) is 5.79. The van der Waals surface area contributed by atoms with Crippen molar-refractivity contribution in [2.45, 2.75) is 52.5 Å². The minimum atomic E-state index is 0.483. The fourth-order valence-electron chi connectivity index (χ4n) is 4.16. The standard InChI is InChI=1S/C17H35N3/c1-17(2,3)15-7-5-14(6-8-15)16(13-18)20-11-9-19(4)10-12-20/h14-16H,5-13,18H2,1-4H3. The summed E-state index contributed by atoms with van der Waals surface area (Å²) in [7, 11) is 2.23. The van der Waals surface area contributed by atoms with Crippen LogP contribution in [0.4, 0.5) is 0 Å². The van der Waals surface area contributed by atoms with Crippen LogP contribution >= 0.6 is 0 Å². The first kappa shape index (κ1) is 16.3. The molecule has 1 heterocycles. The van der Waals surface area contributed by atoms with Crippen LogP contribution in [0.2, 0.25) is 0 Å². The molecule has 1 saturated carbocycles. The Kier molecular flexibility index (Phi) is 5.49. The molecule has 3 nitrogen and oxygen atoms in total. The molecule has 1 aliphatic carbocycles. The predicted octanol–water partition coefficient (Wildman–Crippen LogP) is 2.41. The van der Waals surface area contributed by atoms with E-state index in [1.165, 1.54) is 51.9 Å². The Morgan fingerprint density at radius 2 is 1.55 bits per heavy atom. The summed E-state index contributed by atoms with van der Waals surface area (Å²) in [5.74, 6) is 1.74. The molecule has 2 rings (SSSR count). The molecule has 2 aliphatic rings. The summed E-state index contributed by atoms with van der Waals surface area (Å²) in [5, 5.41) is 0. The Bertz CT molecular complexity index is 281. The molecule has 1 atom stereocenters. The second-order valence-electron chi connectivity index (χ2n) is 8.12. The topological polar surface area (TPSA) is 32.5 Å². The Hall–Kier alpha value is -0.120. The summed E-state index contributed by atoms with van der Waals surface area (Å²) >= 11 is 0. The molecule has 0 aromatic rings. The van der Waals surface area contributed by atoms with Crippen LogP contribution in [0.25, 0.3) is 0 Å². The van der Waals surface area contributed by atoms with Gasteiger partial charge in [-0.05, 0) is 50.0 Å². The van der Waals surface area contributed by atoms with E-state index >= 15 is 0 Å². The van der Waals surface area contributed by atoms with Gasteiger partial charge in [0.05, 0.1) is 0 Å². The van der Waals surface area contributed by atoms with Crippen LogP contribution in [0, 0.1) is 17.3 Å². The van der Waals surface area contributed by atoms with Gasteiger partial charge in [0.25, 0.3) is 0 Å². The molecule has 0 spiro atoms. The molecule has 0 amide bonds. The van der Waals surface area contributed by atoms with Crippen LogP contribution in [0.3, 0.4) is 0 Å². The number of rotatable bonds is 3. The van der Waals surface area contributed by atoms with E-state index in [1.807, 2.05) is 0 Å². The van der Waals surface area contributed by atoms with Crippen molar-refractivity contribution in [3.8, 4) is 0 Å². The lowest BCUT2D eigenvalue weighted by molar-refractivity contribution is 0.0525. The Morgan fingerprint density at radius 1 is 1.00 bits per heavy atom. The fourth-order valence-corrected chi connectivity index (χ4v) is 4.16. The Balaban J connectivity index is 1.87. The lowest BCUT2D eigenvalue weighted by Crippen LogP contribution is -2.54. The summed E-state index contributed by atoms with van der Waals surface area (Å²) in [6.07, 6.45) is 5.57. The van der Waals surface area contributed by atoms with Crippen molar-refractivity contribution in [2.24, 2.45) is 23.0 Å². The SMILES string of the molecule is CN1CCN(C(CN)C2CCC(C(C)(C)C)CC2)CC1. The van der Waals surface area contributed by atoms with E-state index in [0.29, 0.717) is 11.5 Å². The maximum Gasteiger partial charge on any atom is 0.0247 e. The van der Waals surface area contributed by atoms with Crippen molar-refractivity contribution in [1.82, 2.24) is 9.80 Å². The van der Waals surface area contributed by atoms with Gasteiger partial charge >= 0.3 is 0 Å². The van der Waals surface area contributed by atoms with Gasteiger partial charge in [0.1, 0.15) is 0 Å². The highest BCUT2D eigenvalue weighted by molar-refractivity contribution is 4.89. The summed E-state index contributed by atoms with van der Waals surface area (Å²) in [4.78, 5) is 5.10. The number of hydrogen-bond donors (Lipinski definition) is 1. The van der Waals surface area contributed by atoms with Crippen molar-refractivity contribution in [2.75, 3.05) is 39.8 Å². The molecule has 0 aromatic carbocycles. The van der Waals surface area contributed by atoms with Gasteiger partial charge in [-0.3, -0.25) is 4.90 Å². The molecule has 20 heavy (non-hydrogen) atoms. The normalized spacial score (nSPS) is 32.2. The molecule has 2 fully saturated rings. The average molecular weight is 281 g/mol. The van der Waals surface area contributed by atoms with Crippen LogP contribution in [-0.2, 0) is 0 Å². The van der Waals surface area contributed by atoms with E-state index in [1.54, 1.807) is 0 Å². The van der Waals surface area contributed by atoms with E-state index < -0.39 is 0 Å². The van der Waals surface area contributed by atoms with Crippen molar-refractivity contribution in [3.63, 3.8) is 0 Å². The summed E-state index contributed by atoms with van der Waals surface area (Å²) < 4.78 is 0. The molecule has 3 heteroatoms. The highest BCUT2D eigenvalue weighted by Crippen LogP contribution is 2.41. The van der Waals surface area contributed by atoms with Crippen LogP contribution < -0.4 is 5.73 Å². The van der Waals surface area contributed by atoms with Gasteiger partial charge < -0.3 is 10.6 Å². The Labute approximate surface area is 125 Å². The van der Waals surface area contributed by atoms with Gasteiger partial charge in [-0.1, -0.05) is 20.8 Å². The molecular formula is C17H35N3. The van der Waals surface area contributed by atoms with Gasteiger partial charge in [0.15, 0.2) is 0 Å². The van der Waals surface area contributed by atoms with Gasteiger partial charge in [-0.15, -0.1) is 0 Å². The zero-order valence-electron chi connectivity index (χ0n) is 14.1. The highest BCUT2D eigenvalue weighted by Gasteiger charge is 2.35. The first-order chi connectivity index (χ1) is 9.41. The number of nitrogens with two attached hydrogens (primary N) is 1. The Morgan fingerprint density at radius 3 is 2.00 bits per heavy atom. The predicted molar refractivity (Wildman–Crippen MR) is 86.8 cm³/mol. The maximum atomic E-state index is 6.13. The number of piperazine rings is 1. The van der Waals surface area contributed by atoms with E-state index in [0.717, 1.165) is 18.4 Å². The van der Waals surface area contributed by atoms with Crippen molar-refractivity contribution < 1.29 is 0 Å². The van der Waals surface area contributed by atoms with Gasteiger partial charge in [0, 0.05) is 38.8 Å². The van der Waals surface area contributed by atoms with E-state index in [4.69, 9.17) is 5.73 Å². The smallest absolute Gasteiger partial charge is 0.0247 e. The molecule has 0 aromatic heterocycles. The van der Waals surface area contributed by atoms with Crippen molar-refractivity contribution in [3.05, 3.63) is 0 Å². The minimum absolute atomic E-state index is 0.483. The van der Waals surface area contributed by atoms with Crippen molar-refractivity contribution >= 4 is 0 Å². The second kappa shape index (κ2) is 6.76. The number of nitrogens with zero attached hydrogens (tertiary/aromatic N) is 2. The summed E-state index contributed by atoms with van der Waals surface area (Å²) in [6.45, 7) is 12.9.